The Morgan fingerprint density at radius 3 is 1.83 bits per heavy atom. The van der Waals surface area contributed by atoms with Crippen LogP contribution in [0.4, 0.5) is 0 Å². The lowest BCUT2D eigenvalue weighted by atomic mass is 9.85. The van der Waals surface area contributed by atoms with Crippen molar-refractivity contribution < 1.29 is 20.1 Å². The molecule has 12 heavy (non-hydrogen) atoms. The van der Waals surface area contributed by atoms with Crippen LogP contribution in [-0.4, -0.2) is 47.9 Å². The lowest BCUT2D eigenvalue weighted by Crippen LogP contribution is -2.45. The van der Waals surface area contributed by atoms with Gasteiger partial charge in [-0.25, -0.2) is 0 Å². The van der Waals surface area contributed by atoms with Gasteiger partial charge in [0, 0.05) is 6.61 Å². The molecule has 1 atom stereocenters. The summed E-state index contributed by atoms with van der Waals surface area (Å²) < 4.78 is 5.20. The summed E-state index contributed by atoms with van der Waals surface area (Å²) >= 11 is 0. The van der Waals surface area contributed by atoms with Gasteiger partial charge in [0.15, 0.2) is 0 Å². The molecule has 0 saturated carbocycles. The molecule has 0 saturated heterocycles. The number of hydrogen-bond acceptors (Lipinski definition) is 4. The Morgan fingerprint density at radius 2 is 1.58 bits per heavy atom. The molecule has 3 N–H and O–H groups in total. The van der Waals surface area contributed by atoms with Gasteiger partial charge < -0.3 is 20.1 Å². The topological polar surface area (TPSA) is 69.9 Å². The molecule has 0 bridgehead atoms. The Balaban J connectivity index is 4.24. The van der Waals surface area contributed by atoms with Crippen LogP contribution in [0, 0.1) is 5.41 Å². The molecule has 0 amide bonds. The minimum Gasteiger partial charge on any atom is -0.396 e. The summed E-state index contributed by atoms with van der Waals surface area (Å²) in [5.74, 6) is 0. The van der Waals surface area contributed by atoms with Crippen LogP contribution in [0.2, 0.25) is 0 Å². The van der Waals surface area contributed by atoms with Gasteiger partial charge in [0.2, 0.25) is 0 Å². The Bertz CT molecular complexity index is 103. The first kappa shape index (κ1) is 11.8. The van der Waals surface area contributed by atoms with E-state index in [4.69, 9.17) is 20.1 Å². The molecule has 0 spiro atoms. The van der Waals surface area contributed by atoms with Gasteiger partial charge >= 0.3 is 0 Å². The highest BCUT2D eigenvalue weighted by Crippen LogP contribution is 2.22. The molecule has 0 aliphatic rings. The predicted octanol–water partition coefficient (Wildman–Crippen LogP) is -0.625. The average molecular weight is 178 g/mol. The van der Waals surface area contributed by atoms with E-state index in [-0.39, 0.29) is 25.9 Å². The second-order valence-electron chi connectivity index (χ2n) is 2.93. The summed E-state index contributed by atoms with van der Waals surface area (Å²) in [6.07, 6.45) is -0.345. The Kier molecular flexibility index (Phi) is 5.41. The largest absolute Gasteiger partial charge is 0.396 e. The van der Waals surface area contributed by atoms with Crippen molar-refractivity contribution in [3.05, 3.63) is 0 Å². The van der Waals surface area contributed by atoms with Gasteiger partial charge in [-0.05, 0) is 13.8 Å². The van der Waals surface area contributed by atoms with Crippen LogP contribution < -0.4 is 0 Å². The molecule has 0 aliphatic heterocycles. The molecule has 74 valence electrons. The van der Waals surface area contributed by atoms with Gasteiger partial charge in [-0.3, -0.25) is 0 Å². The zero-order valence-electron chi connectivity index (χ0n) is 7.66. The van der Waals surface area contributed by atoms with Crippen molar-refractivity contribution in [1.29, 1.82) is 0 Å². The Morgan fingerprint density at radius 1 is 1.17 bits per heavy atom. The van der Waals surface area contributed by atoms with Crippen LogP contribution in [0.3, 0.4) is 0 Å². The van der Waals surface area contributed by atoms with Crippen LogP contribution in [0.25, 0.3) is 0 Å². The molecule has 0 aromatic rings. The van der Waals surface area contributed by atoms with Crippen LogP contribution in [0.5, 0.6) is 0 Å². The minimum absolute atomic E-state index is 0.277. The number of aliphatic hydroxyl groups is 3. The molecule has 0 aromatic heterocycles. The monoisotopic (exact) mass is 178 g/mol. The third-order valence-corrected chi connectivity index (χ3v) is 2.22. The second-order valence-corrected chi connectivity index (χ2v) is 2.93. The normalized spacial score (nSPS) is 14.8. The van der Waals surface area contributed by atoms with E-state index in [1.807, 2.05) is 6.92 Å². The summed E-state index contributed by atoms with van der Waals surface area (Å²) in [7, 11) is 0. The van der Waals surface area contributed by atoms with Gasteiger partial charge in [-0.15, -0.1) is 0 Å². The van der Waals surface area contributed by atoms with Gasteiger partial charge in [-0.1, -0.05) is 0 Å². The highest BCUT2D eigenvalue weighted by Gasteiger charge is 2.35. The fourth-order valence-corrected chi connectivity index (χ4v) is 0.962. The van der Waals surface area contributed by atoms with Crippen molar-refractivity contribution in [3.63, 3.8) is 0 Å². The van der Waals surface area contributed by atoms with Crippen molar-refractivity contribution >= 4 is 0 Å². The van der Waals surface area contributed by atoms with Gasteiger partial charge in [0.25, 0.3) is 0 Å². The Hall–Kier alpha value is -0.160. The predicted molar refractivity (Wildman–Crippen MR) is 44.8 cm³/mol. The van der Waals surface area contributed by atoms with Crippen LogP contribution in [0.1, 0.15) is 13.8 Å². The molecule has 0 radical (unpaired) electrons. The molecule has 0 rings (SSSR count). The quantitative estimate of drug-likeness (QED) is 0.506. The summed E-state index contributed by atoms with van der Waals surface area (Å²) in [5.41, 5.74) is -0.921. The standard InChI is InChI=1S/C8H18O4/c1-3-12-7(2)8(4-9,5-10)6-11/h7,9-11H,3-6H2,1-2H3. The van der Waals surface area contributed by atoms with E-state index in [1.165, 1.54) is 0 Å². The molecular weight excluding hydrogens is 160 g/mol. The fraction of sp³-hybridized carbons (Fsp3) is 1.00. The lowest BCUT2D eigenvalue weighted by molar-refractivity contribution is -0.102. The van der Waals surface area contributed by atoms with E-state index in [0.717, 1.165) is 0 Å². The first-order valence-corrected chi connectivity index (χ1v) is 4.11. The number of aliphatic hydroxyl groups excluding tert-OH is 3. The van der Waals surface area contributed by atoms with Crippen molar-refractivity contribution in [2.45, 2.75) is 20.0 Å². The zero-order chi connectivity index (χ0) is 9.61. The summed E-state index contributed by atoms with van der Waals surface area (Å²) in [4.78, 5) is 0. The number of ether oxygens (including phenoxy) is 1. The molecule has 4 heteroatoms. The molecule has 0 fully saturated rings. The highest BCUT2D eigenvalue weighted by molar-refractivity contribution is 4.83. The third kappa shape index (κ3) is 2.42. The lowest BCUT2D eigenvalue weighted by Gasteiger charge is -2.33. The number of hydrogen-bond donors (Lipinski definition) is 3. The van der Waals surface area contributed by atoms with E-state index in [0.29, 0.717) is 6.61 Å². The third-order valence-electron chi connectivity index (χ3n) is 2.22. The summed E-state index contributed by atoms with van der Waals surface area (Å²) in [6.45, 7) is 3.23. The Labute approximate surface area is 72.8 Å². The van der Waals surface area contributed by atoms with Crippen LogP contribution in [0.15, 0.2) is 0 Å². The first-order chi connectivity index (χ1) is 5.66. The maximum absolute atomic E-state index is 8.97. The van der Waals surface area contributed by atoms with E-state index in [1.54, 1.807) is 6.92 Å². The molecule has 4 nitrogen and oxygen atoms in total. The van der Waals surface area contributed by atoms with E-state index < -0.39 is 5.41 Å². The molecule has 1 unspecified atom stereocenters. The molecule has 0 aromatic carbocycles. The summed E-state index contributed by atoms with van der Waals surface area (Å²) in [6, 6.07) is 0. The van der Waals surface area contributed by atoms with E-state index in [9.17, 15) is 0 Å². The van der Waals surface area contributed by atoms with Gasteiger partial charge in [0.05, 0.1) is 31.3 Å². The van der Waals surface area contributed by atoms with E-state index in [2.05, 4.69) is 0 Å². The van der Waals surface area contributed by atoms with Crippen molar-refractivity contribution in [3.8, 4) is 0 Å². The van der Waals surface area contributed by atoms with Crippen molar-refractivity contribution in [2.75, 3.05) is 26.4 Å². The van der Waals surface area contributed by atoms with E-state index >= 15 is 0 Å². The smallest absolute Gasteiger partial charge is 0.0669 e. The summed E-state index contributed by atoms with van der Waals surface area (Å²) in [5, 5.41) is 26.9. The fourth-order valence-electron chi connectivity index (χ4n) is 0.962. The molecule has 0 heterocycles. The first-order valence-electron chi connectivity index (χ1n) is 4.11. The van der Waals surface area contributed by atoms with Crippen molar-refractivity contribution in [1.82, 2.24) is 0 Å². The van der Waals surface area contributed by atoms with Crippen LogP contribution in [-0.2, 0) is 4.74 Å². The zero-order valence-corrected chi connectivity index (χ0v) is 7.66. The van der Waals surface area contributed by atoms with Crippen molar-refractivity contribution in [2.24, 2.45) is 5.41 Å². The number of rotatable bonds is 6. The second kappa shape index (κ2) is 5.48. The molecule has 0 aliphatic carbocycles. The van der Waals surface area contributed by atoms with Crippen LogP contribution >= 0.6 is 0 Å². The van der Waals surface area contributed by atoms with Gasteiger partial charge in [-0.2, -0.15) is 0 Å². The maximum atomic E-state index is 8.97. The highest BCUT2D eigenvalue weighted by atomic mass is 16.5. The molecular formula is C8H18O4. The SMILES string of the molecule is CCOC(C)C(CO)(CO)CO. The maximum Gasteiger partial charge on any atom is 0.0669 e. The average Bonchev–Trinajstić information content (AvgIpc) is 2.09. The minimum atomic E-state index is -0.921. The van der Waals surface area contributed by atoms with Gasteiger partial charge in [0.1, 0.15) is 0 Å².